The van der Waals surface area contributed by atoms with Crippen LogP contribution in [0, 0.1) is 5.92 Å². The zero-order valence-corrected chi connectivity index (χ0v) is 19.8. The molecule has 0 radical (unpaired) electrons. The summed E-state index contributed by atoms with van der Waals surface area (Å²) in [5.41, 5.74) is 1.02. The molecule has 0 N–H and O–H groups in total. The largest absolute Gasteiger partial charge is 0.494 e. The molecule has 2 aromatic rings. The molecule has 9 heteroatoms. The molecule has 4 rings (SSSR count). The minimum Gasteiger partial charge on any atom is -0.494 e. The Hall–Kier alpha value is -2.78. The SMILES string of the molecule is CCOc1ccc(CN(C)C(=O)C2CCN(S(=O)(=O)c3ccc4c(c3)OCCO4)CC2)cc1. The van der Waals surface area contributed by atoms with E-state index in [1.165, 1.54) is 10.4 Å². The third-order valence-corrected chi connectivity index (χ3v) is 7.88. The molecule has 178 valence electrons. The summed E-state index contributed by atoms with van der Waals surface area (Å²) >= 11 is 0. The first-order valence-electron chi connectivity index (χ1n) is 11.2. The molecule has 0 aromatic heterocycles. The number of rotatable bonds is 7. The van der Waals surface area contributed by atoms with Crippen LogP contribution in [-0.4, -0.2) is 63.5 Å². The Balaban J connectivity index is 1.34. The number of piperidine rings is 1. The second-order valence-corrected chi connectivity index (χ2v) is 10.2. The average molecular weight is 475 g/mol. The van der Waals surface area contributed by atoms with Gasteiger partial charge in [-0.2, -0.15) is 4.31 Å². The van der Waals surface area contributed by atoms with Gasteiger partial charge in [0.05, 0.1) is 11.5 Å². The van der Waals surface area contributed by atoms with Gasteiger partial charge in [0, 0.05) is 38.7 Å². The number of ether oxygens (including phenoxy) is 3. The molecule has 0 atom stereocenters. The van der Waals surface area contributed by atoms with E-state index in [0.29, 0.717) is 63.8 Å². The monoisotopic (exact) mass is 474 g/mol. The molecule has 8 nitrogen and oxygen atoms in total. The van der Waals surface area contributed by atoms with E-state index in [4.69, 9.17) is 14.2 Å². The molecule has 0 unspecified atom stereocenters. The number of amides is 1. The highest BCUT2D eigenvalue weighted by Crippen LogP contribution is 2.34. The fourth-order valence-electron chi connectivity index (χ4n) is 4.20. The van der Waals surface area contributed by atoms with Gasteiger partial charge < -0.3 is 19.1 Å². The predicted octanol–water partition coefficient (Wildman–Crippen LogP) is 2.92. The van der Waals surface area contributed by atoms with Crippen molar-refractivity contribution in [1.82, 2.24) is 9.21 Å². The molecule has 2 aliphatic heterocycles. The molecule has 2 aliphatic rings. The van der Waals surface area contributed by atoms with Crippen molar-refractivity contribution in [2.75, 3.05) is 40.0 Å². The summed E-state index contributed by atoms with van der Waals surface area (Å²) in [5, 5.41) is 0. The van der Waals surface area contributed by atoms with Crippen molar-refractivity contribution in [2.45, 2.75) is 31.2 Å². The lowest BCUT2D eigenvalue weighted by Crippen LogP contribution is -2.43. The summed E-state index contributed by atoms with van der Waals surface area (Å²) in [6.45, 7) is 4.52. The molecule has 1 fully saturated rings. The highest BCUT2D eigenvalue weighted by Gasteiger charge is 2.33. The fourth-order valence-corrected chi connectivity index (χ4v) is 5.68. The normalized spacial score (nSPS) is 16.9. The van der Waals surface area contributed by atoms with Gasteiger partial charge >= 0.3 is 0 Å². The number of benzene rings is 2. The Kier molecular flexibility index (Phi) is 7.09. The van der Waals surface area contributed by atoms with Crippen molar-refractivity contribution in [3.63, 3.8) is 0 Å². The Morgan fingerprint density at radius 3 is 2.39 bits per heavy atom. The number of hydrogen-bond acceptors (Lipinski definition) is 6. The van der Waals surface area contributed by atoms with Crippen molar-refractivity contribution in [1.29, 1.82) is 0 Å². The van der Waals surface area contributed by atoms with Crippen LogP contribution in [0.1, 0.15) is 25.3 Å². The fraction of sp³-hybridized carbons (Fsp3) is 0.458. The van der Waals surface area contributed by atoms with Gasteiger partial charge in [-0.15, -0.1) is 0 Å². The van der Waals surface area contributed by atoms with Crippen molar-refractivity contribution in [3.05, 3.63) is 48.0 Å². The smallest absolute Gasteiger partial charge is 0.243 e. The summed E-state index contributed by atoms with van der Waals surface area (Å²) in [6.07, 6.45) is 0.993. The summed E-state index contributed by atoms with van der Waals surface area (Å²) < 4.78 is 44.2. The number of nitrogens with zero attached hydrogens (tertiary/aromatic N) is 2. The molecule has 0 saturated carbocycles. The van der Waals surface area contributed by atoms with Crippen LogP contribution < -0.4 is 14.2 Å². The van der Waals surface area contributed by atoms with Gasteiger partial charge in [-0.25, -0.2) is 8.42 Å². The van der Waals surface area contributed by atoms with E-state index < -0.39 is 10.0 Å². The maximum absolute atomic E-state index is 13.1. The molecule has 2 heterocycles. The van der Waals surface area contributed by atoms with Gasteiger partial charge in [0.25, 0.3) is 0 Å². The number of carbonyl (C=O) groups is 1. The summed E-state index contributed by atoms with van der Waals surface area (Å²) in [6, 6.07) is 12.4. The van der Waals surface area contributed by atoms with E-state index in [0.717, 1.165) is 11.3 Å². The number of carbonyl (C=O) groups excluding carboxylic acids is 1. The van der Waals surface area contributed by atoms with Crippen LogP contribution in [0.5, 0.6) is 17.2 Å². The molecule has 0 spiro atoms. The Bertz CT molecular complexity index is 1080. The van der Waals surface area contributed by atoms with Crippen LogP contribution >= 0.6 is 0 Å². The Labute approximate surface area is 195 Å². The van der Waals surface area contributed by atoms with Crippen molar-refractivity contribution in [2.24, 2.45) is 5.92 Å². The molecule has 33 heavy (non-hydrogen) atoms. The standard InChI is InChI=1S/C24H30N2O6S/c1-3-30-20-6-4-18(5-7-20)17-25(2)24(27)19-10-12-26(13-11-19)33(28,29)21-8-9-22-23(16-21)32-15-14-31-22/h4-9,16,19H,3,10-15,17H2,1-2H3. The van der Waals surface area contributed by atoms with Crippen molar-refractivity contribution >= 4 is 15.9 Å². The van der Waals surface area contributed by atoms with E-state index in [-0.39, 0.29) is 16.7 Å². The molecule has 0 aliphatic carbocycles. The van der Waals surface area contributed by atoms with Gasteiger partial charge in [-0.3, -0.25) is 4.79 Å². The second kappa shape index (κ2) is 10.0. The molecular formula is C24H30N2O6S. The zero-order chi connectivity index (χ0) is 23.4. The Morgan fingerprint density at radius 1 is 1.06 bits per heavy atom. The number of hydrogen-bond donors (Lipinski definition) is 0. The average Bonchev–Trinajstić information content (AvgIpc) is 2.84. The van der Waals surface area contributed by atoms with Crippen LogP contribution in [0.3, 0.4) is 0 Å². The number of fused-ring (bicyclic) bond motifs is 1. The molecular weight excluding hydrogens is 444 g/mol. The minimum absolute atomic E-state index is 0.0419. The lowest BCUT2D eigenvalue weighted by Gasteiger charge is -2.32. The maximum atomic E-state index is 13.1. The van der Waals surface area contributed by atoms with Crippen LogP contribution in [0.4, 0.5) is 0 Å². The first kappa shape index (κ1) is 23.4. The predicted molar refractivity (Wildman–Crippen MR) is 123 cm³/mol. The molecule has 1 saturated heterocycles. The van der Waals surface area contributed by atoms with E-state index in [1.54, 1.807) is 24.1 Å². The molecule has 0 bridgehead atoms. The third-order valence-electron chi connectivity index (χ3n) is 5.98. The first-order chi connectivity index (χ1) is 15.9. The summed E-state index contributed by atoms with van der Waals surface area (Å²) in [4.78, 5) is 14.9. The zero-order valence-electron chi connectivity index (χ0n) is 19.0. The maximum Gasteiger partial charge on any atom is 0.243 e. The highest BCUT2D eigenvalue weighted by molar-refractivity contribution is 7.89. The summed E-state index contributed by atoms with van der Waals surface area (Å²) in [5.74, 6) is 1.66. The van der Waals surface area contributed by atoms with E-state index in [9.17, 15) is 13.2 Å². The van der Waals surface area contributed by atoms with Gasteiger partial charge in [-0.1, -0.05) is 12.1 Å². The Morgan fingerprint density at radius 2 is 1.73 bits per heavy atom. The van der Waals surface area contributed by atoms with Crippen molar-refractivity contribution in [3.8, 4) is 17.2 Å². The van der Waals surface area contributed by atoms with E-state index in [1.807, 2.05) is 31.2 Å². The van der Waals surface area contributed by atoms with Crippen LogP contribution in [0.15, 0.2) is 47.4 Å². The van der Waals surface area contributed by atoms with Gasteiger partial charge in [0.2, 0.25) is 15.9 Å². The van der Waals surface area contributed by atoms with Crippen molar-refractivity contribution < 1.29 is 27.4 Å². The second-order valence-electron chi connectivity index (χ2n) is 8.26. The van der Waals surface area contributed by atoms with Gasteiger partial charge in [-0.05, 0) is 49.6 Å². The van der Waals surface area contributed by atoms with E-state index in [2.05, 4.69) is 0 Å². The molecule has 2 aromatic carbocycles. The molecule has 1 amide bonds. The minimum atomic E-state index is -3.66. The van der Waals surface area contributed by atoms with E-state index >= 15 is 0 Å². The van der Waals surface area contributed by atoms with Gasteiger partial charge in [0.15, 0.2) is 11.5 Å². The lowest BCUT2D eigenvalue weighted by molar-refractivity contribution is -0.135. The lowest BCUT2D eigenvalue weighted by atomic mass is 9.96. The third kappa shape index (κ3) is 5.25. The van der Waals surface area contributed by atoms with Crippen LogP contribution in [0.25, 0.3) is 0 Å². The first-order valence-corrected chi connectivity index (χ1v) is 12.7. The quantitative estimate of drug-likeness (QED) is 0.614. The van der Waals surface area contributed by atoms with Gasteiger partial charge in [0.1, 0.15) is 19.0 Å². The topological polar surface area (TPSA) is 85.4 Å². The van der Waals surface area contributed by atoms with Crippen LogP contribution in [0.2, 0.25) is 0 Å². The summed E-state index contributed by atoms with van der Waals surface area (Å²) in [7, 11) is -1.87. The van der Waals surface area contributed by atoms with Crippen LogP contribution in [-0.2, 0) is 21.4 Å². The highest BCUT2D eigenvalue weighted by atomic mass is 32.2. The number of sulfonamides is 1.